The summed E-state index contributed by atoms with van der Waals surface area (Å²) >= 11 is 7.32. The predicted octanol–water partition coefficient (Wildman–Crippen LogP) is 4.83. The second kappa shape index (κ2) is 9.14. The van der Waals surface area contributed by atoms with Crippen LogP contribution in [-0.2, 0) is 31.3 Å². The average Bonchev–Trinajstić information content (AvgIpc) is 3.34. The predicted molar refractivity (Wildman–Crippen MR) is 120 cm³/mol. The first kappa shape index (κ1) is 22.9. The van der Waals surface area contributed by atoms with E-state index in [0.29, 0.717) is 10.5 Å². The maximum absolute atomic E-state index is 13.2. The average molecular weight is 452 g/mol. The Balaban J connectivity index is 0.000000178. The summed E-state index contributed by atoms with van der Waals surface area (Å²) in [5, 5.41) is 18.6. The molecule has 0 unspecified atom stereocenters. The first-order valence-electron chi connectivity index (χ1n) is 9.94. The van der Waals surface area contributed by atoms with Crippen LogP contribution in [0, 0.1) is 5.82 Å². The van der Waals surface area contributed by atoms with Crippen molar-refractivity contribution in [3.63, 3.8) is 0 Å². The number of carbonyl (C=O) groups excluding carboxylic acids is 1. The van der Waals surface area contributed by atoms with Gasteiger partial charge in [-0.05, 0) is 104 Å². The van der Waals surface area contributed by atoms with Crippen LogP contribution in [0.1, 0.15) is 54.5 Å². The third-order valence-electron chi connectivity index (χ3n) is 5.58. The SMILES string of the molecule is CC(C)(O)c1ccc(SN)c(F)c1.NC(=O)Nc1c2c(c(Cl)c3c1CCC3)CCC2. The lowest BCUT2D eigenvalue weighted by Gasteiger charge is -2.17. The molecule has 2 aliphatic carbocycles. The van der Waals surface area contributed by atoms with Gasteiger partial charge in [0.15, 0.2) is 0 Å². The molecule has 2 aliphatic rings. The number of primary amides is 1. The van der Waals surface area contributed by atoms with Crippen molar-refractivity contribution in [1.82, 2.24) is 0 Å². The molecule has 0 heterocycles. The van der Waals surface area contributed by atoms with Crippen LogP contribution >= 0.6 is 23.5 Å². The molecule has 0 aromatic heterocycles. The number of fused-ring (bicyclic) bond motifs is 2. The third-order valence-corrected chi connectivity index (χ3v) is 6.62. The van der Waals surface area contributed by atoms with Crippen molar-refractivity contribution in [3.05, 3.63) is 56.9 Å². The van der Waals surface area contributed by atoms with Crippen LogP contribution in [-0.4, -0.2) is 11.1 Å². The summed E-state index contributed by atoms with van der Waals surface area (Å²) in [7, 11) is 0. The maximum atomic E-state index is 13.2. The third kappa shape index (κ3) is 4.75. The number of nitrogens with one attached hydrogen (secondary N) is 1. The van der Waals surface area contributed by atoms with Gasteiger partial charge in [-0.15, -0.1) is 0 Å². The number of aliphatic hydroxyl groups is 1. The highest BCUT2D eigenvalue weighted by Crippen LogP contribution is 2.43. The Morgan fingerprint density at radius 1 is 1.13 bits per heavy atom. The zero-order chi connectivity index (χ0) is 22.1. The monoisotopic (exact) mass is 451 g/mol. The number of hydrogen-bond acceptors (Lipinski definition) is 4. The molecule has 0 saturated heterocycles. The summed E-state index contributed by atoms with van der Waals surface area (Å²) < 4.78 is 13.2. The van der Waals surface area contributed by atoms with E-state index in [1.165, 1.54) is 28.3 Å². The highest BCUT2D eigenvalue weighted by molar-refractivity contribution is 7.97. The normalized spacial score (nSPS) is 14.6. The van der Waals surface area contributed by atoms with Gasteiger partial charge in [-0.1, -0.05) is 17.7 Å². The molecule has 0 fully saturated rings. The van der Waals surface area contributed by atoms with Gasteiger partial charge in [-0.2, -0.15) is 0 Å². The number of carbonyl (C=O) groups is 1. The summed E-state index contributed by atoms with van der Waals surface area (Å²) in [6.45, 7) is 3.22. The zero-order valence-electron chi connectivity index (χ0n) is 17.1. The number of nitrogens with two attached hydrogens (primary N) is 2. The highest BCUT2D eigenvalue weighted by Gasteiger charge is 2.28. The molecule has 2 amide bonds. The van der Waals surface area contributed by atoms with Crippen LogP contribution in [0.5, 0.6) is 0 Å². The van der Waals surface area contributed by atoms with Crippen LogP contribution < -0.4 is 16.2 Å². The Morgan fingerprint density at radius 3 is 2.10 bits per heavy atom. The molecule has 0 aliphatic heterocycles. The van der Waals surface area contributed by atoms with Crippen molar-refractivity contribution in [1.29, 1.82) is 0 Å². The lowest BCUT2D eigenvalue weighted by atomic mass is 9.98. The van der Waals surface area contributed by atoms with Gasteiger partial charge in [0.2, 0.25) is 0 Å². The van der Waals surface area contributed by atoms with E-state index in [9.17, 15) is 14.3 Å². The fourth-order valence-corrected chi connectivity index (χ4v) is 4.87. The minimum atomic E-state index is -1.02. The van der Waals surface area contributed by atoms with E-state index in [2.05, 4.69) is 5.32 Å². The molecule has 0 saturated carbocycles. The molecule has 2 aromatic carbocycles. The Labute approximate surface area is 185 Å². The second-order valence-corrected chi connectivity index (χ2v) is 9.18. The van der Waals surface area contributed by atoms with Crippen molar-refractivity contribution in [2.45, 2.75) is 62.9 Å². The van der Waals surface area contributed by atoms with Crippen molar-refractivity contribution in [2.24, 2.45) is 10.9 Å². The first-order chi connectivity index (χ1) is 14.1. The van der Waals surface area contributed by atoms with Crippen LogP contribution in [0.15, 0.2) is 23.1 Å². The van der Waals surface area contributed by atoms with Crippen LogP contribution in [0.25, 0.3) is 0 Å². The largest absolute Gasteiger partial charge is 0.386 e. The standard InChI is InChI=1S/C13H15ClN2O.C9H12FNOS/c14-11-7-3-1-5-9(7)12(16-13(15)17)10-6-2-4-8(10)11;1-9(2,12)6-3-4-8(13-11)7(10)5-6/h1-6H2,(H3,15,16,17);3-5,12H,11H2,1-2H3. The lowest BCUT2D eigenvalue weighted by molar-refractivity contribution is 0.0781. The van der Waals surface area contributed by atoms with Gasteiger partial charge in [-0.3, -0.25) is 5.14 Å². The smallest absolute Gasteiger partial charge is 0.316 e. The van der Waals surface area contributed by atoms with E-state index in [0.717, 1.165) is 61.2 Å². The number of rotatable bonds is 3. The van der Waals surface area contributed by atoms with Gasteiger partial charge < -0.3 is 16.2 Å². The van der Waals surface area contributed by atoms with Gasteiger partial charge in [-0.25, -0.2) is 9.18 Å². The molecule has 0 bridgehead atoms. The molecule has 6 N–H and O–H groups in total. The van der Waals surface area contributed by atoms with E-state index in [1.54, 1.807) is 26.0 Å². The molecular weight excluding hydrogens is 425 g/mol. The maximum Gasteiger partial charge on any atom is 0.316 e. The lowest BCUT2D eigenvalue weighted by Crippen LogP contribution is -2.21. The van der Waals surface area contributed by atoms with Gasteiger partial charge in [0.05, 0.1) is 10.5 Å². The molecule has 4 rings (SSSR count). The topological polar surface area (TPSA) is 101 Å². The molecule has 0 spiro atoms. The number of benzene rings is 2. The summed E-state index contributed by atoms with van der Waals surface area (Å²) in [6, 6.07) is 4.05. The molecular formula is C22H27ClFN3O2S. The number of urea groups is 1. The van der Waals surface area contributed by atoms with Crippen LogP contribution in [0.3, 0.4) is 0 Å². The number of amides is 2. The Hall–Kier alpha value is -1.80. The molecule has 30 heavy (non-hydrogen) atoms. The van der Waals surface area contributed by atoms with Crippen LogP contribution in [0.4, 0.5) is 14.9 Å². The van der Waals surface area contributed by atoms with Crippen molar-refractivity contribution >= 4 is 35.3 Å². The summed E-state index contributed by atoms with van der Waals surface area (Å²) in [6.07, 6.45) is 6.27. The second-order valence-electron chi connectivity index (χ2n) is 8.12. The summed E-state index contributed by atoms with van der Waals surface area (Å²) in [4.78, 5) is 11.5. The first-order valence-corrected chi connectivity index (χ1v) is 11.2. The van der Waals surface area contributed by atoms with E-state index in [1.807, 2.05) is 0 Å². The highest BCUT2D eigenvalue weighted by atomic mass is 35.5. The fraction of sp³-hybridized carbons (Fsp3) is 0.409. The number of halogens is 2. The van der Waals surface area contributed by atoms with E-state index in [-0.39, 0.29) is 0 Å². The minimum Gasteiger partial charge on any atom is -0.386 e. The van der Waals surface area contributed by atoms with E-state index >= 15 is 0 Å². The quantitative estimate of drug-likeness (QED) is 0.502. The molecule has 0 atom stereocenters. The van der Waals surface area contributed by atoms with Gasteiger partial charge in [0, 0.05) is 10.7 Å². The Bertz CT molecular complexity index is 941. The van der Waals surface area contributed by atoms with Crippen LogP contribution in [0.2, 0.25) is 5.02 Å². The van der Waals surface area contributed by atoms with Gasteiger partial charge in [0.25, 0.3) is 0 Å². The van der Waals surface area contributed by atoms with E-state index < -0.39 is 17.4 Å². The molecule has 8 heteroatoms. The fourth-order valence-electron chi connectivity index (χ4n) is 4.14. The molecule has 2 aromatic rings. The van der Waals surface area contributed by atoms with Crippen molar-refractivity contribution < 1.29 is 14.3 Å². The zero-order valence-corrected chi connectivity index (χ0v) is 18.7. The minimum absolute atomic E-state index is 0.382. The molecule has 162 valence electrons. The van der Waals surface area contributed by atoms with Gasteiger partial charge >= 0.3 is 6.03 Å². The van der Waals surface area contributed by atoms with E-state index in [4.69, 9.17) is 22.5 Å². The van der Waals surface area contributed by atoms with Crippen molar-refractivity contribution in [2.75, 3.05) is 5.32 Å². The molecule has 0 radical (unpaired) electrons. The molecule has 5 nitrogen and oxygen atoms in total. The van der Waals surface area contributed by atoms with Gasteiger partial charge in [0.1, 0.15) is 5.82 Å². The van der Waals surface area contributed by atoms with Crippen molar-refractivity contribution in [3.8, 4) is 0 Å². The summed E-state index contributed by atoms with van der Waals surface area (Å²) in [5.74, 6) is -0.396. The number of hydrogen-bond donors (Lipinski definition) is 4. The Morgan fingerprint density at radius 2 is 1.67 bits per heavy atom. The summed E-state index contributed by atoms with van der Waals surface area (Å²) in [5.41, 5.74) is 10.7. The Kier molecular flexibility index (Phi) is 6.97. The number of anilines is 1.